The van der Waals surface area contributed by atoms with Crippen molar-refractivity contribution in [3.63, 3.8) is 0 Å². The normalized spacial score (nSPS) is 11.8. The molecule has 0 aliphatic rings. The highest BCUT2D eigenvalue weighted by Crippen LogP contribution is 2.23. The molecular weight excluding hydrogens is 332 g/mol. The van der Waals surface area contributed by atoms with Gasteiger partial charge in [0.15, 0.2) is 6.10 Å². The van der Waals surface area contributed by atoms with Gasteiger partial charge in [-0.15, -0.1) is 10.2 Å². The van der Waals surface area contributed by atoms with Gasteiger partial charge in [-0.2, -0.15) is 0 Å². The van der Waals surface area contributed by atoms with Crippen LogP contribution in [0.2, 0.25) is 0 Å². The average Bonchev–Trinajstić information content (AvgIpc) is 3.13. The van der Waals surface area contributed by atoms with Crippen molar-refractivity contribution in [2.75, 3.05) is 7.11 Å². The van der Waals surface area contributed by atoms with Crippen LogP contribution in [0.4, 0.5) is 0 Å². The van der Waals surface area contributed by atoms with Crippen molar-refractivity contribution in [1.82, 2.24) is 10.2 Å². The number of methoxy groups -OCH3 is 1. The van der Waals surface area contributed by atoms with E-state index in [1.54, 1.807) is 26.2 Å². The molecule has 3 aromatic rings. The maximum atomic E-state index is 12.1. The number of rotatable bonds is 6. The van der Waals surface area contributed by atoms with Gasteiger partial charge in [-0.25, -0.2) is 0 Å². The predicted octanol–water partition coefficient (Wildman–Crippen LogP) is 3.90. The zero-order chi connectivity index (χ0) is 18.5. The van der Waals surface area contributed by atoms with Crippen LogP contribution in [0.5, 0.6) is 5.75 Å². The fourth-order valence-corrected chi connectivity index (χ4v) is 2.41. The number of carbonyl (C=O) groups is 1. The maximum Gasteiger partial charge on any atom is 0.311 e. The van der Waals surface area contributed by atoms with Crippen LogP contribution in [-0.4, -0.2) is 23.3 Å². The maximum absolute atomic E-state index is 12.1. The van der Waals surface area contributed by atoms with E-state index in [4.69, 9.17) is 13.9 Å². The van der Waals surface area contributed by atoms with Gasteiger partial charge in [-0.3, -0.25) is 4.79 Å². The second kappa shape index (κ2) is 7.82. The summed E-state index contributed by atoms with van der Waals surface area (Å²) in [6.45, 7) is 3.71. The van der Waals surface area contributed by atoms with E-state index in [1.807, 2.05) is 43.3 Å². The first-order chi connectivity index (χ1) is 12.5. The lowest BCUT2D eigenvalue weighted by Crippen LogP contribution is -2.11. The van der Waals surface area contributed by atoms with E-state index in [0.717, 1.165) is 22.4 Å². The van der Waals surface area contributed by atoms with Crippen LogP contribution in [0.15, 0.2) is 52.9 Å². The van der Waals surface area contributed by atoms with E-state index in [1.165, 1.54) is 0 Å². The molecule has 0 bridgehead atoms. The minimum atomic E-state index is -0.618. The summed E-state index contributed by atoms with van der Waals surface area (Å²) >= 11 is 0. The zero-order valence-electron chi connectivity index (χ0n) is 14.9. The first-order valence-corrected chi connectivity index (χ1v) is 8.28. The van der Waals surface area contributed by atoms with Crippen LogP contribution in [0.1, 0.15) is 30.0 Å². The Labute approximate surface area is 151 Å². The molecule has 134 valence electrons. The van der Waals surface area contributed by atoms with Gasteiger partial charge < -0.3 is 13.9 Å². The van der Waals surface area contributed by atoms with E-state index in [2.05, 4.69) is 10.2 Å². The molecule has 1 aromatic heterocycles. The Balaban J connectivity index is 1.61. The summed E-state index contributed by atoms with van der Waals surface area (Å²) in [6.07, 6.45) is -0.458. The highest BCUT2D eigenvalue weighted by Gasteiger charge is 2.19. The number of hydrogen-bond acceptors (Lipinski definition) is 6. The lowest BCUT2D eigenvalue weighted by Gasteiger charge is -2.09. The van der Waals surface area contributed by atoms with Crippen LogP contribution < -0.4 is 4.74 Å². The van der Waals surface area contributed by atoms with Crippen molar-refractivity contribution in [2.24, 2.45) is 0 Å². The molecule has 6 heteroatoms. The molecule has 0 N–H and O–H groups in total. The summed E-state index contributed by atoms with van der Waals surface area (Å²) < 4.78 is 16.1. The van der Waals surface area contributed by atoms with Crippen molar-refractivity contribution in [2.45, 2.75) is 26.4 Å². The topological polar surface area (TPSA) is 74.5 Å². The molecule has 0 radical (unpaired) electrons. The molecule has 0 fully saturated rings. The Kier molecular flexibility index (Phi) is 5.31. The number of aromatic nitrogens is 2. The lowest BCUT2D eigenvalue weighted by atomic mass is 10.1. The molecule has 0 spiro atoms. The lowest BCUT2D eigenvalue weighted by molar-refractivity contribution is -0.148. The molecule has 1 atom stereocenters. The summed E-state index contributed by atoms with van der Waals surface area (Å²) in [4.78, 5) is 12.1. The average molecular weight is 352 g/mol. The third kappa shape index (κ3) is 4.27. The molecule has 1 heterocycles. The number of benzene rings is 2. The second-order valence-electron chi connectivity index (χ2n) is 5.97. The van der Waals surface area contributed by atoms with Crippen molar-refractivity contribution in [3.05, 3.63) is 65.5 Å². The van der Waals surface area contributed by atoms with Crippen LogP contribution in [-0.2, 0) is 16.0 Å². The van der Waals surface area contributed by atoms with Gasteiger partial charge in [0, 0.05) is 5.56 Å². The Hall–Kier alpha value is -3.15. The summed E-state index contributed by atoms with van der Waals surface area (Å²) in [5, 5.41) is 8.01. The van der Waals surface area contributed by atoms with Gasteiger partial charge in [0.25, 0.3) is 5.89 Å². The minimum absolute atomic E-state index is 0.160. The quantitative estimate of drug-likeness (QED) is 0.626. The number of ether oxygens (including phenoxy) is 2. The summed E-state index contributed by atoms with van der Waals surface area (Å²) in [7, 11) is 1.60. The van der Waals surface area contributed by atoms with Crippen LogP contribution in [0.3, 0.4) is 0 Å². The standard InChI is InChI=1S/C20H20N2O4/c1-13-4-8-16(9-5-13)20-22-21-19(26-20)14(2)25-18(23)12-15-6-10-17(24-3)11-7-15/h4-11,14H,12H2,1-3H3/t14-/m0/s1. The third-order valence-corrected chi connectivity index (χ3v) is 3.90. The molecule has 2 aromatic carbocycles. The minimum Gasteiger partial charge on any atom is -0.497 e. The smallest absolute Gasteiger partial charge is 0.311 e. The zero-order valence-corrected chi connectivity index (χ0v) is 14.9. The van der Waals surface area contributed by atoms with Gasteiger partial charge in [0.1, 0.15) is 5.75 Å². The highest BCUT2D eigenvalue weighted by atomic mass is 16.6. The predicted molar refractivity (Wildman–Crippen MR) is 95.7 cm³/mol. The molecule has 3 rings (SSSR count). The van der Waals surface area contributed by atoms with Crippen LogP contribution in [0, 0.1) is 6.92 Å². The monoisotopic (exact) mass is 352 g/mol. The SMILES string of the molecule is COc1ccc(CC(=O)O[C@@H](C)c2nnc(-c3ccc(C)cc3)o2)cc1. The number of carbonyl (C=O) groups excluding carboxylic acids is 1. The van der Waals surface area contributed by atoms with Gasteiger partial charge in [0.05, 0.1) is 13.5 Å². The molecule has 0 saturated carbocycles. The molecule has 6 nitrogen and oxygen atoms in total. The number of aryl methyl sites for hydroxylation is 1. The molecule has 0 amide bonds. The Morgan fingerprint density at radius 2 is 1.77 bits per heavy atom. The molecule has 0 aliphatic heterocycles. The van der Waals surface area contributed by atoms with Gasteiger partial charge in [-0.1, -0.05) is 29.8 Å². The Morgan fingerprint density at radius 1 is 1.08 bits per heavy atom. The molecule has 26 heavy (non-hydrogen) atoms. The first kappa shape index (κ1) is 17.7. The Bertz CT molecular complexity index is 870. The van der Waals surface area contributed by atoms with Crippen molar-refractivity contribution in [1.29, 1.82) is 0 Å². The summed E-state index contributed by atoms with van der Waals surface area (Å²) in [5.74, 6) is 1.05. The summed E-state index contributed by atoms with van der Waals surface area (Å²) in [5.41, 5.74) is 2.81. The first-order valence-electron chi connectivity index (χ1n) is 8.28. The van der Waals surface area contributed by atoms with Gasteiger partial charge in [-0.05, 0) is 43.7 Å². The molecule has 0 saturated heterocycles. The van der Waals surface area contributed by atoms with Gasteiger partial charge in [0.2, 0.25) is 5.89 Å². The number of hydrogen-bond donors (Lipinski definition) is 0. The largest absolute Gasteiger partial charge is 0.497 e. The third-order valence-electron chi connectivity index (χ3n) is 3.90. The Morgan fingerprint density at radius 3 is 2.42 bits per heavy atom. The van der Waals surface area contributed by atoms with Crippen molar-refractivity contribution >= 4 is 5.97 Å². The van der Waals surface area contributed by atoms with E-state index in [9.17, 15) is 4.79 Å². The summed E-state index contributed by atoms with van der Waals surface area (Å²) in [6, 6.07) is 15.0. The molecule has 0 aliphatic carbocycles. The fraction of sp³-hybridized carbons (Fsp3) is 0.250. The van der Waals surface area contributed by atoms with E-state index >= 15 is 0 Å². The second-order valence-corrected chi connectivity index (χ2v) is 5.97. The van der Waals surface area contributed by atoms with E-state index < -0.39 is 6.10 Å². The van der Waals surface area contributed by atoms with Crippen LogP contribution >= 0.6 is 0 Å². The van der Waals surface area contributed by atoms with E-state index in [-0.39, 0.29) is 18.3 Å². The van der Waals surface area contributed by atoms with Gasteiger partial charge >= 0.3 is 5.97 Å². The van der Waals surface area contributed by atoms with Crippen molar-refractivity contribution < 1.29 is 18.7 Å². The molecular formula is C20H20N2O4. The fourth-order valence-electron chi connectivity index (χ4n) is 2.41. The van der Waals surface area contributed by atoms with Crippen molar-refractivity contribution in [3.8, 4) is 17.2 Å². The molecule has 0 unspecified atom stereocenters. The number of esters is 1. The van der Waals surface area contributed by atoms with Crippen LogP contribution in [0.25, 0.3) is 11.5 Å². The number of nitrogens with zero attached hydrogens (tertiary/aromatic N) is 2. The van der Waals surface area contributed by atoms with E-state index in [0.29, 0.717) is 5.89 Å². The highest BCUT2D eigenvalue weighted by molar-refractivity contribution is 5.72.